The number of sulfone groups is 1. The smallest absolute Gasteiger partial charge is 0.407 e. The van der Waals surface area contributed by atoms with E-state index in [1.807, 2.05) is 4.90 Å². The first kappa shape index (κ1) is 21.8. The average Bonchev–Trinajstić information content (AvgIpc) is 2.66. The molecule has 1 aromatic rings. The van der Waals surface area contributed by atoms with E-state index in [2.05, 4.69) is 0 Å². The van der Waals surface area contributed by atoms with E-state index < -0.39 is 27.9 Å². The highest BCUT2D eigenvalue weighted by atomic mass is 32.2. The molecule has 0 radical (unpaired) electrons. The molecule has 0 bridgehead atoms. The molecule has 1 saturated carbocycles. The van der Waals surface area contributed by atoms with Crippen LogP contribution in [0.2, 0.25) is 0 Å². The maximum atomic E-state index is 14.8. The van der Waals surface area contributed by atoms with Crippen LogP contribution in [0.5, 0.6) is 5.75 Å². The van der Waals surface area contributed by atoms with Gasteiger partial charge in [0.15, 0.2) is 21.4 Å². The van der Waals surface area contributed by atoms with Gasteiger partial charge in [0.2, 0.25) is 0 Å². The lowest BCUT2D eigenvalue weighted by molar-refractivity contribution is 0.0166. The summed E-state index contributed by atoms with van der Waals surface area (Å²) in [5, 5.41) is 9.01. The first-order chi connectivity index (χ1) is 13.6. The van der Waals surface area contributed by atoms with Crippen LogP contribution in [0.3, 0.4) is 0 Å². The minimum atomic E-state index is -3.50. The van der Waals surface area contributed by atoms with Gasteiger partial charge in [0.25, 0.3) is 0 Å². The predicted molar refractivity (Wildman–Crippen MR) is 102 cm³/mol. The molecule has 3 rings (SSSR count). The van der Waals surface area contributed by atoms with Crippen molar-refractivity contribution < 1.29 is 31.8 Å². The Balaban J connectivity index is 1.50. The van der Waals surface area contributed by atoms with Crippen molar-refractivity contribution in [3.63, 3.8) is 0 Å². The molecule has 162 valence electrons. The molecule has 10 heteroatoms. The summed E-state index contributed by atoms with van der Waals surface area (Å²) in [5.41, 5.74) is 0. The maximum Gasteiger partial charge on any atom is 0.407 e. The van der Waals surface area contributed by atoms with Crippen LogP contribution in [0.4, 0.5) is 13.6 Å². The fourth-order valence-electron chi connectivity index (χ4n) is 4.03. The molecule has 0 spiro atoms. The zero-order valence-electron chi connectivity index (χ0n) is 16.3. The van der Waals surface area contributed by atoms with Gasteiger partial charge in [-0.3, -0.25) is 4.90 Å². The Bertz CT molecular complexity index is 843. The van der Waals surface area contributed by atoms with E-state index in [0.717, 1.165) is 18.7 Å². The topological polar surface area (TPSA) is 87.2 Å². The van der Waals surface area contributed by atoms with Gasteiger partial charge in [-0.25, -0.2) is 22.0 Å². The van der Waals surface area contributed by atoms with E-state index in [-0.39, 0.29) is 29.2 Å². The summed E-state index contributed by atoms with van der Waals surface area (Å²) in [6.45, 7) is 1.98. The van der Waals surface area contributed by atoms with Gasteiger partial charge in [0, 0.05) is 38.5 Å². The highest BCUT2D eigenvalue weighted by molar-refractivity contribution is 7.90. The number of nitrogens with zero attached hydrogens (tertiary/aromatic N) is 2. The Kier molecular flexibility index (Phi) is 6.62. The van der Waals surface area contributed by atoms with Gasteiger partial charge < -0.3 is 14.7 Å². The lowest BCUT2D eigenvalue weighted by Crippen LogP contribution is -2.55. The number of piperazine rings is 1. The third kappa shape index (κ3) is 5.36. The number of alkyl halides is 1. The van der Waals surface area contributed by atoms with Crippen molar-refractivity contribution in [2.75, 3.05) is 39.0 Å². The second-order valence-corrected chi connectivity index (χ2v) is 9.76. The Labute approximate surface area is 169 Å². The predicted octanol–water partition coefficient (Wildman–Crippen LogP) is 2.41. The van der Waals surface area contributed by atoms with E-state index in [0.29, 0.717) is 39.0 Å². The number of rotatable bonds is 5. The number of benzene rings is 1. The van der Waals surface area contributed by atoms with E-state index >= 15 is 0 Å². The van der Waals surface area contributed by atoms with Gasteiger partial charge in [-0.15, -0.1) is 0 Å². The summed E-state index contributed by atoms with van der Waals surface area (Å²) in [7, 11) is -3.50. The van der Waals surface area contributed by atoms with Crippen LogP contribution >= 0.6 is 0 Å². The summed E-state index contributed by atoms with van der Waals surface area (Å²) < 4.78 is 57.3. The summed E-state index contributed by atoms with van der Waals surface area (Å²) in [6, 6.07) is 3.27. The van der Waals surface area contributed by atoms with Crippen molar-refractivity contribution in [2.24, 2.45) is 5.92 Å². The quantitative estimate of drug-likeness (QED) is 0.769. The molecule has 1 aliphatic carbocycles. The van der Waals surface area contributed by atoms with E-state index in [9.17, 15) is 22.0 Å². The number of amides is 1. The molecule has 1 N–H and O–H groups in total. The first-order valence-electron chi connectivity index (χ1n) is 9.63. The van der Waals surface area contributed by atoms with Gasteiger partial charge in [-0.1, -0.05) is 0 Å². The zero-order chi connectivity index (χ0) is 21.2. The third-order valence-electron chi connectivity index (χ3n) is 5.71. The summed E-state index contributed by atoms with van der Waals surface area (Å²) in [5.74, 6) is -0.857. The van der Waals surface area contributed by atoms with Crippen molar-refractivity contribution in [1.29, 1.82) is 0 Å². The van der Waals surface area contributed by atoms with Crippen LogP contribution in [0.1, 0.15) is 19.3 Å². The zero-order valence-corrected chi connectivity index (χ0v) is 17.1. The summed E-state index contributed by atoms with van der Waals surface area (Å²) in [6.07, 6.45) is 0.673. The van der Waals surface area contributed by atoms with Crippen LogP contribution in [0, 0.1) is 11.7 Å². The summed E-state index contributed by atoms with van der Waals surface area (Å²) in [4.78, 5) is 14.2. The fourth-order valence-corrected chi connectivity index (χ4v) is 4.66. The Morgan fingerprint density at radius 1 is 1.24 bits per heavy atom. The van der Waals surface area contributed by atoms with Crippen molar-refractivity contribution in [3.05, 3.63) is 24.0 Å². The van der Waals surface area contributed by atoms with Crippen LogP contribution in [-0.2, 0) is 9.84 Å². The molecule has 1 amide bonds. The minimum absolute atomic E-state index is 0.0419. The van der Waals surface area contributed by atoms with Gasteiger partial charge in [0.05, 0.1) is 11.5 Å². The van der Waals surface area contributed by atoms with Crippen molar-refractivity contribution in [3.8, 4) is 5.75 Å². The molecule has 1 aromatic carbocycles. The SMILES string of the molecule is CS(=O)(=O)c1ccc(OC[C@@H]2CC[C@@H](N3CCN(C(=O)O)CC3)C(F)C2)c(F)c1. The van der Waals surface area contributed by atoms with Crippen LogP contribution < -0.4 is 4.74 Å². The van der Waals surface area contributed by atoms with Crippen LogP contribution in [-0.4, -0.2) is 80.7 Å². The van der Waals surface area contributed by atoms with E-state index in [1.165, 1.54) is 17.0 Å². The summed E-state index contributed by atoms with van der Waals surface area (Å²) >= 11 is 0. The molecule has 7 nitrogen and oxygen atoms in total. The molecule has 0 aromatic heterocycles. The number of hydrogen-bond donors (Lipinski definition) is 1. The largest absolute Gasteiger partial charge is 0.490 e. The highest BCUT2D eigenvalue weighted by Crippen LogP contribution is 2.32. The minimum Gasteiger partial charge on any atom is -0.490 e. The Morgan fingerprint density at radius 2 is 1.93 bits per heavy atom. The molecule has 2 fully saturated rings. The lowest BCUT2D eigenvalue weighted by atomic mass is 9.84. The Morgan fingerprint density at radius 3 is 2.48 bits per heavy atom. The molecule has 2 aliphatic rings. The molecule has 3 atom stereocenters. The molecular weight excluding hydrogens is 406 g/mol. The standard InChI is InChI=1S/C19H26F2N2O5S/c1-29(26,27)14-3-5-18(16(21)11-14)28-12-13-2-4-17(15(20)10-13)22-6-8-23(9-7-22)19(24)25/h3,5,11,13,15,17H,2,4,6-10,12H2,1H3,(H,24,25)/t13-,15?,17-/m1/s1. The number of halogens is 2. The van der Waals surface area contributed by atoms with Gasteiger partial charge >= 0.3 is 6.09 Å². The Hall–Kier alpha value is -1.94. The second kappa shape index (κ2) is 8.83. The normalized spacial score (nSPS) is 26.3. The number of ether oxygens (including phenoxy) is 1. The molecule has 1 aliphatic heterocycles. The maximum absolute atomic E-state index is 14.8. The van der Waals surface area contributed by atoms with Crippen molar-refractivity contribution in [1.82, 2.24) is 9.80 Å². The average molecular weight is 432 g/mol. The molecule has 29 heavy (non-hydrogen) atoms. The molecule has 1 unspecified atom stereocenters. The number of carbonyl (C=O) groups is 1. The fraction of sp³-hybridized carbons (Fsp3) is 0.632. The van der Waals surface area contributed by atoms with Crippen LogP contribution in [0.15, 0.2) is 23.1 Å². The molecule has 1 heterocycles. The number of hydrogen-bond acceptors (Lipinski definition) is 5. The van der Waals surface area contributed by atoms with Gasteiger partial charge in [-0.2, -0.15) is 0 Å². The van der Waals surface area contributed by atoms with Crippen molar-refractivity contribution in [2.45, 2.75) is 36.4 Å². The highest BCUT2D eigenvalue weighted by Gasteiger charge is 2.36. The lowest BCUT2D eigenvalue weighted by Gasteiger charge is -2.42. The molecular formula is C19H26F2N2O5S. The molecule has 1 saturated heterocycles. The van der Waals surface area contributed by atoms with Crippen LogP contribution in [0.25, 0.3) is 0 Å². The third-order valence-corrected chi connectivity index (χ3v) is 6.82. The van der Waals surface area contributed by atoms with Gasteiger partial charge in [-0.05, 0) is 43.4 Å². The van der Waals surface area contributed by atoms with E-state index in [1.54, 1.807) is 0 Å². The van der Waals surface area contributed by atoms with Crippen molar-refractivity contribution >= 4 is 15.9 Å². The monoisotopic (exact) mass is 432 g/mol. The second-order valence-electron chi connectivity index (χ2n) is 7.74. The van der Waals surface area contributed by atoms with Gasteiger partial charge in [0.1, 0.15) is 6.17 Å². The number of carboxylic acid groups (broad SMARTS) is 1. The van der Waals surface area contributed by atoms with E-state index in [4.69, 9.17) is 9.84 Å². The first-order valence-corrected chi connectivity index (χ1v) is 11.5.